The summed E-state index contributed by atoms with van der Waals surface area (Å²) in [5.74, 6) is 2.82. The lowest BCUT2D eigenvalue weighted by atomic mass is 9.89. The average molecular weight is 291 g/mol. The number of hydrogen-bond donors (Lipinski definition) is 2. The third-order valence-corrected chi connectivity index (χ3v) is 5.03. The largest absolute Gasteiger partial charge is 0.340 e. The Hall–Kier alpha value is -1.10. The van der Waals surface area contributed by atoms with Crippen LogP contribution in [0.2, 0.25) is 0 Å². The van der Waals surface area contributed by atoms with E-state index in [9.17, 15) is 0 Å². The lowest BCUT2D eigenvalue weighted by Gasteiger charge is -2.34. The Kier molecular flexibility index (Phi) is 5.12. The standard InChI is InChI=1S/C16H29N5/c1-2-3-4-7-15-18-16(20-19-15)21-11-8-13(9-12-21)14-6-5-10-17-14/h13-14,17H,2-12H2,1H3,(H,18,19,20). The van der Waals surface area contributed by atoms with Gasteiger partial charge >= 0.3 is 0 Å². The van der Waals surface area contributed by atoms with Crippen LogP contribution in [0.15, 0.2) is 0 Å². The molecule has 2 aliphatic rings. The zero-order chi connectivity index (χ0) is 14.5. The van der Waals surface area contributed by atoms with Gasteiger partial charge in [-0.25, -0.2) is 0 Å². The van der Waals surface area contributed by atoms with E-state index in [0.717, 1.165) is 43.2 Å². The molecule has 0 aliphatic carbocycles. The van der Waals surface area contributed by atoms with E-state index in [0.29, 0.717) is 0 Å². The fourth-order valence-corrected chi connectivity index (χ4v) is 3.70. The highest BCUT2D eigenvalue weighted by Crippen LogP contribution is 2.27. The normalized spacial score (nSPS) is 23.9. The summed E-state index contributed by atoms with van der Waals surface area (Å²) in [5.41, 5.74) is 0. The highest BCUT2D eigenvalue weighted by atomic mass is 15.4. The Labute approximate surface area is 127 Å². The van der Waals surface area contributed by atoms with Crippen LogP contribution in [0.1, 0.15) is 57.7 Å². The minimum atomic E-state index is 0.767. The van der Waals surface area contributed by atoms with Gasteiger partial charge in [-0.1, -0.05) is 19.8 Å². The number of H-pyrrole nitrogens is 1. The Bertz CT molecular complexity index is 416. The molecule has 5 heteroatoms. The highest BCUT2D eigenvalue weighted by Gasteiger charge is 2.29. The zero-order valence-corrected chi connectivity index (χ0v) is 13.3. The van der Waals surface area contributed by atoms with Crippen molar-refractivity contribution in [1.82, 2.24) is 20.5 Å². The van der Waals surface area contributed by atoms with E-state index in [1.54, 1.807) is 0 Å². The van der Waals surface area contributed by atoms with Gasteiger partial charge in [0.25, 0.3) is 0 Å². The molecule has 1 aromatic rings. The molecule has 3 heterocycles. The second kappa shape index (κ2) is 7.25. The molecule has 2 saturated heterocycles. The van der Waals surface area contributed by atoms with Crippen LogP contribution in [0.5, 0.6) is 0 Å². The summed E-state index contributed by atoms with van der Waals surface area (Å²) >= 11 is 0. The van der Waals surface area contributed by atoms with Gasteiger partial charge < -0.3 is 10.2 Å². The topological polar surface area (TPSA) is 56.8 Å². The van der Waals surface area contributed by atoms with Gasteiger partial charge in [-0.15, -0.1) is 5.10 Å². The van der Waals surface area contributed by atoms with Gasteiger partial charge in [0.05, 0.1) is 0 Å². The number of nitrogens with one attached hydrogen (secondary N) is 2. The van der Waals surface area contributed by atoms with E-state index >= 15 is 0 Å². The van der Waals surface area contributed by atoms with Crippen LogP contribution in [-0.4, -0.2) is 40.9 Å². The second-order valence-corrected chi connectivity index (χ2v) is 6.57. The molecular formula is C16H29N5. The molecule has 5 nitrogen and oxygen atoms in total. The Morgan fingerprint density at radius 1 is 1.19 bits per heavy atom. The Morgan fingerprint density at radius 3 is 2.76 bits per heavy atom. The maximum absolute atomic E-state index is 4.67. The summed E-state index contributed by atoms with van der Waals surface area (Å²) in [6.07, 6.45) is 10.0. The number of hydrogen-bond acceptors (Lipinski definition) is 4. The fourth-order valence-electron chi connectivity index (χ4n) is 3.70. The minimum Gasteiger partial charge on any atom is -0.340 e. The van der Waals surface area contributed by atoms with E-state index < -0.39 is 0 Å². The van der Waals surface area contributed by atoms with Gasteiger partial charge in [-0.3, -0.25) is 5.10 Å². The van der Waals surface area contributed by atoms with Crippen LogP contribution in [0.25, 0.3) is 0 Å². The van der Waals surface area contributed by atoms with E-state index in [2.05, 4.69) is 32.3 Å². The summed E-state index contributed by atoms with van der Waals surface area (Å²) in [6, 6.07) is 0.767. The van der Waals surface area contributed by atoms with Crippen molar-refractivity contribution < 1.29 is 0 Å². The molecule has 0 saturated carbocycles. The average Bonchev–Trinajstić information content (AvgIpc) is 3.20. The van der Waals surface area contributed by atoms with Crippen LogP contribution in [0.3, 0.4) is 0 Å². The van der Waals surface area contributed by atoms with Crippen molar-refractivity contribution in [2.75, 3.05) is 24.5 Å². The van der Waals surface area contributed by atoms with Gasteiger partial charge in [0.15, 0.2) is 0 Å². The smallest absolute Gasteiger partial charge is 0.244 e. The van der Waals surface area contributed by atoms with E-state index in [1.807, 2.05) is 0 Å². The van der Waals surface area contributed by atoms with Crippen molar-refractivity contribution in [1.29, 1.82) is 0 Å². The van der Waals surface area contributed by atoms with Crippen molar-refractivity contribution in [2.45, 2.75) is 64.3 Å². The number of piperidine rings is 1. The van der Waals surface area contributed by atoms with E-state index in [-0.39, 0.29) is 0 Å². The van der Waals surface area contributed by atoms with Crippen molar-refractivity contribution >= 4 is 5.95 Å². The predicted molar refractivity (Wildman–Crippen MR) is 85.6 cm³/mol. The first kappa shape index (κ1) is 14.8. The SMILES string of the molecule is CCCCCc1nc(N2CCC(C3CCCN3)CC2)n[nH]1. The molecule has 1 unspecified atom stereocenters. The monoisotopic (exact) mass is 291 g/mol. The zero-order valence-electron chi connectivity index (χ0n) is 13.3. The number of aryl methyl sites for hydroxylation is 1. The highest BCUT2D eigenvalue weighted by molar-refractivity contribution is 5.29. The maximum atomic E-state index is 4.67. The minimum absolute atomic E-state index is 0.767. The van der Waals surface area contributed by atoms with E-state index in [1.165, 1.54) is 51.5 Å². The molecule has 3 rings (SSSR count). The predicted octanol–water partition coefficient (Wildman–Crippen LogP) is 2.51. The van der Waals surface area contributed by atoms with Crippen molar-refractivity contribution in [3.8, 4) is 0 Å². The van der Waals surface area contributed by atoms with Gasteiger partial charge in [0, 0.05) is 25.6 Å². The summed E-state index contributed by atoms with van der Waals surface area (Å²) in [7, 11) is 0. The van der Waals surface area contributed by atoms with E-state index in [4.69, 9.17) is 0 Å². The van der Waals surface area contributed by atoms with Crippen molar-refractivity contribution in [3.63, 3.8) is 0 Å². The molecule has 0 bridgehead atoms. The molecule has 0 aromatic carbocycles. The Morgan fingerprint density at radius 2 is 2.05 bits per heavy atom. The maximum Gasteiger partial charge on any atom is 0.244 e. The second-order valence-electron chi connectivity index (χ2n) is 6.57. The first-order valence-corrected chi connectivity index (χ1v) is 8.76. The van der Waals surface area contributed by atoms with Gasteiger partial charge in [0.2, 0.25) is 5.95 Å². The van der Waals surface area contributed by atoms with Crippen LogP contribution in [-0.2, 0) is 6.42 Å². The lowest BCUT2D eigenvalue weighted by Crippen LogP contribution is -2.41. The van der Waals surface area contributed by atoms with Crippen LogP contribution in [0.4, 0.5) is 5.95 Å². The van der Waals surface area contributed by atoms with Crippen molar-refractivity contribution in [3.05, 3.63) is 5.82 Å². The molecule has 118 valence electrons. The van der Waals surface area contributed by atoms with Gasteiger partial charge in [0.1, 0.15) is 5.82 Å². The third kappa shape index (κ3) is 3.76. The number of anilines is 1. The fraction of sp³-hybridized carbons (Fsp3) is 0.875. The first-order chi connectivity index (χ1) is 10.4. The number of unbranched alkanes of at least 4 members (excludes halogenated alkanes) is 2. The van der Waals surface area contributed by atoms with Crippen molar-refractivity contribution in [2.24, 2.45) is 5.92 Å². The molecule has 0 amide bonds. The molecule has 1 aromatic heterocycles. The summed E-state index contributed by atoms with van der Waals surface area (Å²) in [6.45, 7) is 5.66. The molecule has 2 aliphatic heterocycles. The van der Waals surface area contributed by atoms with Gasteiger partial charge in [-0.2, -0.15) is 4.98 Å². The number of rotatable bonds is 6. The third-order valence-electron chi connectivity index (χ3n) is 5.03. The lowest BCUT2D eigenvalue weighted by molar-refractivity contribution is 0.317. The molecule has 1 atom stereocenters. The summed E-state index contributed by atoms with van der Waals surface area (Å²) in [4.78, 5) is 7.02. The molecular weight excluding hydrogens is 262 g/mol. The first-order valence-electron chi connectivity index (χ1n) is 8.76. The quantitative estimate of drug-likeness (QED) is 0.791. The summed E-state index contributed by atoms with van der Waals surface area (Å²) in [5, 5.41) is 11.2. The molecule has 2 N–H and O–H groups in total. The molecule has 0 radical (unpaired) electrons. The van der Waals surface area contributed by atoms with Crippen LogP contribution < -0.4 is 10.2 Å². The number of nitrogens with zero attached hydrogens (tertiary/aromatic N) is 3. The molecule has 2 fully saturated rings. The number of aromatic amines is 1. The molecule has 0 spiro atoms. The number of aromatic nitrogens is 3. The summed E-state index contributed by atoms with van der Waals surface area (Å²) < 4.78 is 0. The van der Waals surface area contributed by atoms with Crippen LogP contribution >= 0.6 is 0 Å². The Balaban J connectivity index is 1.47. The van der Waals surface area contributed by atoms with Gasteiger partial charge in [-0.05, 0) is 44.6 Å². The molecule has 21 heavy (non-hydrogen) atoms. The van der Waals surface area contributed by atoms with Crippen LogP contribution in [0, 0.1) is 5.92 Å².